The zero-order valence-corrected chi connectivity index (χ0v) is 18.6. The van der Waals surface area contributed by atoms with Gasteiger partial charge in [-0.25, -0.2) is 9.97 Å². The minimum absolute atomic E-state index is 0.0271. The lowest BCUT2D eigenvalue weighted by molar-refractivity contribution is -0.120. The number of carbonyl (C=O) groups is 2. The highest BCUT2D eigenvalue weighted by Gasteiger charge is 2.36. The van der Waals surface area contributed by atoms with Crippen LogP contribution < -0.4 is 15.0 Å². The molecule has 3 heterocycles. The van der Waals surface area contributed by atoms with E-state index in [0.717, 1.165) is 29.7 Å². The molecule has 1 aliphatic heterocycles. The molecule has 2 aromatic heterocycles. The lowest BCUT2D eigenvalue weighted by atomic mass is 10.1. The molecule has 168 valence electrons. The molecule has 0 unspecified atom stereocenters. The van der Waals surface area contributed by atoms with Gasteiger partial charge in [0, 0.05) is 37.3 Å². The molecule has 5 rings (SSSR count). The number of nitrogens with zero attached hydrogens (tertiary/aromatic N) is 4. The molecule has 1 fully saturated rings. The summed E-state index contributed by atoms with van der Waals surface area (Å²) in [5.41, 5.74) is 4.01. The average Bonchev–Trinajstić information content (AvgIpc) is 3.69. The summed E-state index contributed by atoms with van der Waals surface area (Å²) < 4.78 is 5.64. The predicted octanol–water partition coefficient (Wildman–Crippen LogP) is 3.72. The van der Waals surface area contributed by atoms with Gasteiger partial charge in [-0.1, -0.05) is 12.1 Å². The second-order valence-electron chi connectivity index (χ2n) is 8.49. The Morgan fingerprint density at radius 3 is 2.45 bits per heavy atom. The Hall–Kier alpha value is -3.94. The van der Waals surface area contributed by atoms with Crippen LogP contribution in [0.4, 0.5) is 17.2 Å². The van der Waals surface area contributed by atoms with Crippen LogP contribution >= 0.6 is 0 Å². The fourth-order valence-corrected chi connectivity index (χ4v) is 3.80. The van der Waals surface area contributed by atoms with E-state index in [0.29, 0.717) is 36.1 Å². The van der Waals surface area contributed by atoms with Crippen LogP contribution in [0.1, 0.15) is 23.2 Å². The summed E-state index contributed by atoms with van der Waals surface area (Å²) in [7, 11) is 3.47. The molecule has 2 aliphatic rings. The summed E-state index contributed by atoms with van der Waals surface area (Å²) in [6, 6.07) is 13.2. The Balaban J connectivity index is 1.31. The minimum Gasteiger partial charge on any atom is -0.474 e. The molecular formula is C25H25N5O3. The summed E-state index contributed by atoms with van der Waals surface area (Å²) in [4.78, 5) is 37.0. The van der Waals surface area contributed by atoms with Crippen LogP contribution in [0, 0.1) is 5.92 Å². The van der Waals surface area contributed by atoms with Crippen molar-refractivity contribution in [2.24, 2.45) is 5.92 Å². The average molecular weight is 444 g/mol. The molecule has 1 aliphatic carbocycles. The number of nitrogens with one attached hydrogen (secondary N) is 1. The smallest absolute Gasteiger partial charge is 0.253 e. The molecule has 2 amide bonds. The van der Waals surface area contributed by atoms with E-state index in [1.807, 2.05) is 42.5 Å². The van der Waals surface area contributed by atoms with Crippen molar-refractivity contribution >= 4 is 29.0 Å². The van der Waals surface area contributed by atoms with Gasteiger partial charge in [0.1, 0.15) is 18.1 Å². The van der Waals surface area contributed by atoms with Crippen molar-refractivity contribution in [1.82, 2.24) is 14.9 Å². The Labute approximate surface area is 192 Å². The third-order valence-electron chi connectivity index (χ3n) is 5.78. The lowest BCUT2D eigenvalue weighted by Crippen LogP contribution is -2.39. The molecule has 0 radical (unpaired) electrons. The van der Waals surface area contributed by atoms with Crippen molar-refractivity contribution in [3.8, 4) is 17.0 Å². The van der Waals surface area contributed by atoms with Gasteiger partial charge < -0.3 is 19.9 Å². The van der Waals surface area contributed by atoms with E-state index in [-0.39, 0.29) is 17.7 Å². The summed E-state index contributed by atoms with van der Waals surface area (Å²) >= 11 is 0. The molecule has 8 nitrogen and oxygen atoms in total. The van der Waals surface area contributed by atoms with Gasteiger partial charge in [0.15, 0.2) is 0 Å². The molecule has 0 bridgehead atoms. The molecule has 1 saturated carbocycles. The van der Waals surface area contributed by atoms with Crippen molar-refractivity contribution in [3.63, 3.8) is 0 Å². The normalized spacial score (nSPS) is 14.8. The molecule has 3 aromatic rings. The summed E-state index contributed by atoms with van der Waals surface area (Å²) in [5, 5.41) is 3.26. The molecule has 8 heteroatoms. The van der Waals surface area contributed by atoms with Crippen LogP contribution in [-0.2, 0) is 4.79 Å². The third kappa shape index (κ3) is 4.37. The topological polar surface area (TPSA) is 87.7 Å². The molecule has 33 heavy (non-hydrogen) atoms. The number of pyridine rings is 2. The Morgan fingerprint density at radius 1 is 1.03 bits per heavy atom. The van der Waals surface area contributed by atoms with Gasteiger partial charge in [0.25, 0.3) is 5.91 Å². The van der Waals surface area contributed by atoms with E-state index in [4.69, 9.17) is 4.74 Å². The van der Waals surface area contributed by atoms with Crippen LogP contribution in [-0.4, -0.2) is 53.9 Å². The van der Waals surface area contributed by atoms with Gasteiger partial charge in [-0.2, -0.15) is 0 Å². The number of ether oxygens (including phenoxy) is 1. The maximum absolute atomic E-state index is 12.6. The van der Waals surface area contributed by atoms with E-state index >= 15 is 0 Å². The zero-order valence-electron chi connectivity index (χ0n) is 18.6. The summed E-state index contributed by atoms with van der Waals surface area (Å²) in [6.45, 7) is 0.998. The van der Waals surface area contributed by atoms with Gasteiger partial charge in [0.2, 0.25) is 11.8 Å². The van der Waals surface area contributed by atoms with Crippen molar-refractivity contribution < 1.29 is 14.3 Å². The maximum Gasteiger partial charge on any atom is 0.253 e. The monoisotopic (exact) mass is 443 g/mol. The molecule has 0 saturated heterocycles. The van der Waals surface area contributed by atoms with E-state index in [1.165, 1.54) is 0 Å². The SMILES string of the molecule is CN(C)C(=O)c1ccc(-c2ccc(Nc3cnc4c(c3)N(C(=O)C3CC3)CCO4)nc2)cc1. The predicted molar refractivity (Wildman–Crippen MR) is 126 cm³/mol. The lowest BCUT2D eigenvalue weighted by Gasteiger charge is -2.29. The minimum atomic E-state index is -0.0271. The Bertz CT molecular complexity index is 1190. The van der Waals surface area contributed by atoms with Crippen molar-refractivity contribution in [3.05, 3.63) is 60.4 Å². The number of amides is 2. The maximum atomic E-state index is 12.6. The standard InChI is InChI=1S/C25H25N5O3/c1-29(2)24(31)17-5-3-16(4-6-17)19-9-10-22(26-14-19)28-20-13-21-23(27-15-20)33-12-11-30(21)25(32)18-7-8-18/h3-6,9-10,13-15,18H,7-8,11-12H2,1-2H3,(H,26,28). The van der Waals surface area contributed by atoms with Gasteiger partial charge in [-0.3, -0.25) is 9.59 Å². The Kier molecular flexibility index (Phi) is 5.42. The van der Waals surface area contributed by atoms with Gasteiger partial charge in [0.05, 0.1) is 18.4 Å². The molecule has 1 N–H and O–H groups in total. The van der Waals surface area contributed by atoms with Crippen LogP contribution in [0.3, 0.4) is 0 Å². The number of rotatable bonds is 5. The number of aromatic nitrogens is 2. The van der Waals surface area contributed by atoms with E-state index in [2.05, 4.69) is 15.3 Å². The highest BCUT2D eigenvalue weighted by molar-refractivity contribution is 5.98. The first kappa shape index (κ1) is 20.9. The molecule has 0 atom stereocenters. The second-order valence-corrected chi connectivity index (χ2v) is 8.49. The van der Waals surface area contributed by atoms with Crippen molar-refractivity contribution in [2.75, 3.05) is 37.5 Å². The van der Waals surface area contributed by atoms with E-state index in [9.17, 15) is 9.59 Å². The summed E-state index contributed by atoms with van der Waals surface area (Å²) in [6.07, 6.45) is 5.38. The van der Waals surface area contributed by atoms with Crippen LogP contribution in [0.5, 0.6) is 5.88 Å². The highest BCUT2D eigenvalue weighted by Crippen LogP contribution is 2.38. The van der Waals surface area contributed by atoms with Gasteiger partial charge in [-0.05, 0) is 48.7 Å². The van der Waals surface area contributed by atoms with Crippen LogP contribution in [0.15, 0.2) is 54.9 Å². The largest absolute Gasteiger partial charge is 0.474 e. The zero-order chi connectivity index (χ0) is 22.9. The highest BCUT2D eigenvalue weighted by atomic mass is 16.5. The van der Waals surface area contributed by atoms with Crippen LogP contribution in [0.25, 0.3) is 11.1 Å². The molecular weight excluding hydrogens is 418 g/mol. The Morgan fingerprint density at radius 2 is 1.79 bits per heavy atom. The first-order valence-corrected chi connectivity index (χ1v) is 11.0. The second kappa shape index (κ2) is 8.54. The third-order valence-corrected chi connectivity index (χ3v) is 5.78. The number of anilines is 3. The number of benzene rings is 1. The summed E-state index contributed by atoms with van der Waals surface area (Å²) in [5.74, 6) is 1.41. The van der Waals surface area contributed by atoms with Crippen LogP contribution in [0.2, 0.25) is 0 Å². The number of hydrogen-bond acceptors (Lipinski definition) is 6. The van der Waals surface area contributed by atoms with Gasteiger partial charge >= 0.3 is 0 Å². The van der Waals surface area contributed by atoms with Gasteiger partial charge in [-0.15, -0.1) is 0 Å². The van der Waals surface area contributed by atoms with E-state index in [1.54, 1.807) is 36.3 Å². The van der Waals surface area contributed by atoms with E-state index < -0.39 is 0 Å². The quantitative estimate of drug-likeness (QED) is 0.647. The first-order valence-electron chi connectivity index (χ1n) is 11.0. The fourth-order valence-electron chi connectivity index (χ4n) is 3.80. The fraction of sp³-hybridized carbons (Fsp3) is 0.280. The van der Waals surface area contributed by atoms with Crippen molar-refractivity contribution in [2.45, 2.75) is 12.8 Å². The first-order chi connectivity index (χ1) is 16.0. The molecule has 1 aromatic carbocycles. The number of carbonyl (C=O) groups excluding carboxylic acids is 2. The number of fused-ring (bicyclic) bond motifs is 1. The molecule has 0 spiro atoms. The van der Waals surface area contributed by atoms with Crippen molar-refractivity contribution in [1.29, 1.82) is 0 Å². The number of hydrogen-bond donors (Lipinski definition) is 1.